The quantitative estimate of drug-likeness (QED) is 0.336. The van der Waals surface area contributed by atoms with E-state index in [1.165, 1.54) is 18.3 Å². The summed E-state index contributed by atoms with van der Waals surface area (Å²) >= 11 is 0. The summed E-state index contributed by atoms with van der Waals surface area (Å²) in [6.45, 7) is 8.96. The number of alkyl halides is 5. The highest BCUT2D eigenvalue weighted by molar-refractivity contribution is 5.59. The lowest BCUT2D eigenvalue weighted by molar-refractivity contribution is -0.138. The van der Waals surface area contributed by atoms with Gasteiger partial charge < -0.3 is 15.5 Å². The monoisotopic (exact) mass is 490 g/mol. The molecule has 0 bridgehead atoms. The van der Waals surface area contributed by atoms with Gasteiger partial charge >= 0.3 is 6.18 Å². The van der Waals surface area contributed by atoms with E-state index in [0.29, 0.717) is 31.1 Å². The maximum absolute atomic E-state index is 13.8. The van der Waals surface area contributed by atoms with Gasteiger partial charge in [-0.3, -0.25) is 4.98 Å². The number of halogens is 5. The van der Waals surface area contributed by atoms with Crippen LogP contribution in [0.25, 0.3) is 16.4 Å². The van der Waals surface area contributed by atoms with Gasteiger partial charge in [0.2, 0.25) is 11.9 Å². The Balaban J connectivity index is 1.72. The zero-order valence-electron chi connectivity index (χ0n) is 18.5. The molecule has 35 heavy (non-hydrogen) atoms. The van der Waals surface area contributed by atoms with Gasteiger partial charge in [-0.05, 0) is 31.2 Å². The van der Waals surface area contributed by atoms with Crippen LogP contribution in [0.2, 0.25) is 0 Å². The molecule has 182 valence electrons. The van der Waals surface area contributed by atoms with Crippen LogP contribution in [0.3, 0.4) is 0 Å². The smallest absolute Gasteiger partial charge is 0.343 e. The largest absolute Gasteiger partial charge is 0.408 e. The van der Waals surface area contributed by atoms with Crippen molar-refractivity contribution in [3.05, 3.63) is 59.3 Å². The Labute approximate surface area is 196 Å². The second-order valence-electron chi connectivity index (χ2n) is 8.21. The normalized spacial score (nSPS) is 15.7. The Morgan fingerprint density at radius 3 is 2.37 bits per heavy atom. The number of hydrogen-bond acceptors (Lipinski definition) is 7. The minimum Gasteiger partial charge on any atom is -0.343 e. The summed E-state index contributed by atoms with van der Waals surface area (Å²) in [7, 11) is 0. The number of aromatic nitrogens is 5. The fraction of sp³-hybridized carbons (Fsp3) is 0.364. The predicted molar refractivity (Wildman–Crippen MR) is 117 cm³/mol. The first-order valence-corrected chi connectivity index (χ1v) is 10.5. The van der Waals surface area contributed by atoms with Crippen LogP contribution in [0.5, 0.6) is 0 Å². The van der Waals surface area contributed by atoms with Crippen molar-refractivity contribution in [2.24, 2.45) is 0 Å². The zero-order valence-corrected chi connectivity index (χ0v) is 18.5. The number of pyridine rings is 2. The van der Waals surface area contributed by atoms with Crippen molar-refractivity contribution >= 4 is 17.6 Å². The van der Waals surface area contributed by atoms with Gasteiger partial charge in [-0.25, -0.2) is 11.6 Å². The van der Waals surface area contributed by atoms with E-state index in [1.54, 1.807) is 12.1 Å². The third kappa shape index (κ3) is 5.42. The molecule has 3 aromatic rings. The number of anilines is 3. The molecule has 0 amide bonds. The van der Waals surface area contributed by atoms with Crippen molar-refractivity contribution in [2.45, 2.75) is 50.4 Å². The summed E-state index contributed by atoms with van der Waals surface area (Å²) in [5.74, 6) is -4.02. The van der Waals surface area contributed by atoms with E-state index < -0.39 is 35.3 Å². The van der Waals surface area contributed by atoms with Crippen LogP contribution in [-0.2, 0) is 11.5 Å². The second kappa shape index (κ2) is 8.68. The average Bonchev–Trinajstić information content (AvgIpc) is 3.59. The Bertz CT molecular complexity index is 1280. The van der Waals surface area contributed by atoms with Crippen LogP contribution in [0.15, 0.2) is 36.5 Å². The van der Waals surface area contributed by atoms with Crippen LogP contribution in [0, 0.1) is 6.57 Å². The van der Waals surface area contributed by atoms with Gasteiger partial charge in [-0.1, -0.05) is 6.07 Å². The van der Waals surface area contributed by atoms with Crippen molar-refractivity contribution in [2.75, 3.05) is 10.6 Å². The fourth-order valence-electron chi connectivity index (χ4n) is 3.13. The van der Waals surface area contributed by atoms with Gasteiger partial charge in [-0.2, -0.15) is 36.9 Å². The lowest BCUT2D eigenvalue weighted by Crippen LogP contribution is -2.34. The van der Waals surface area contributed by atoms with Gasteiger partial charge in [0.15, 0.2) is 5.82 Å². The second-order valence-corrected chi connectivity index (χ2v) is 8.21. The topological polar surface area (TPSA) is 92.9 Å². The number of hydrogen-bond donors (Lipinski definition) is 2. The standard InChI is InChI=1S/C22H19F5N8/c1-12(22(25,26)27)30-18-33-17(14-5-4-6-15(32-14)20(2,23)24)34-19(35-18)31-13-7-10-29-16(11-13)21(28-3)8-9-21/h4-7,10-12H,8-9H2,1-2H3,(H2,29,30,31,33,34,35)/t12-/m1/s1. The molecule has 1 aliphatic carbocycles. The number of nitrogens with zero attached hydrogens (tertiary/aromatic N) is 6. The minimum atomic E-state index is -4.58. The minimum absolute atomic E-state index is 0.0717. The summed E-state index contributed by atoms with van der Waals surface area (Å²) in [5, 5.41) is 5.04. The molecule has 0 spiro atoms. The highest BCUT2D eigenvalue weighted by atomic mass is 19.4. The van der Waals surface area contributed by atoms with Crippen LogP contribution in [-0.4, -0.2) is 37.1 Å². The summed E-state index contributed by atoms with van der Waals surface area (Å²) < 4.78 is 66.9. The summed E-state index contributed by atoms with van der Waals surface area (Å²) in [5.41, 5.74) is -0.297. The highest BCUT2D eigenvalue weighted by Gasteiger charge is 2.54. The van der Waals surface area contributed by atoms with Crippen molar-refractivity contribution in [1.29, 1.82) is 0 Å². The lowest BCUT2D eigenvalue weighted by Gasteiger charge is -2.18. The van der Waals surface area contributed by atoms with Gasteiger partial charge in [0.05, 0.1) is 0 Å². The molecule has 1 saturated carbocycles. The van der Waals surface area contributed by atoms with Crippen LogP contribution in [0.1, 0.15) is 38.1 Å². The first kappa shape index (κ1) is 24.2. The summed E-state index contributed by atoms with van der Waals surface area (Å²) in [6.07, 6.45) is -1.74. The molecule has 13 heteroatoms. The van der Waals surface area contributed by atoms with Crippen molar-refractivity contribution < 1.29 is 22.0 Å². The van der Waals surface area contributed by atoms with Gasteiger partial charge in [0, 0.05) is 31.6 Å². The van der Waals surface area contributed by atoms with Crippen molar-refractivity contribution in [3.63, 3.8) is 0 Å². The van der Waals surface area contributed by atoms with Crippen LogP contribution in [0.4, 0.5) is 39.5 Å². The molecule has 1 fully saturated rings. The molecule has 2 N–H and O–H groups in total. The number of nitrogens with one attached hydrogen (secondary N) is 2. The summed E-state index contributed by atoms with van der Waals surface area (Å²) in [6, 6.07) is 5.03. The van der Waals surface area contributed by atoms with E-state index in [9.17, 15) is 22.0 Å². The van der Waals surface area contributed by atoms with Crippen LogP contribution < -0.4 is 10.6 Å². The molecule has 3 aromatic heterocycles. The molecule has 0 aromatic carbocycles. The Morgan fingerprint density at radius 1 is 1.03 bits per heavy atom. The lowest BCUT2D eigenvalue weighted by atomic mass is 10.1. The first-order chi connectivity index (χ1) is 16.4. The van der Waals surface area contributed by atoms with E-state index in [4.69, 9.17) is 6.57 Å². The molecule has 8 nitrogen and oxygen atoms in total. The fourth-order valence-corrected chi connectivity index (χ4v) is 3.13. The molecule has 0 radical (unpaired) electrons. The van der Waals surface area contributed by atoms with Gasteiger partial charge in [0.25, 0.3) is 11.5 Å². The number of rotatable bonds is 7. The Hall–Kier alpha value is -3.95. The Kier molecular flexibility index (Phi) is 6.00. The molecule has 3 heterocycles. The SMILES string of the molecule is [C-]#[N+]C1(c2cc(Nc3nc(N[C@H](C)C(F)(F)F)nc(-c4cccc(C(C)(F)F)n4)n3)ccn2)CC1. The molecule has 0 saturated heterocycles. The van der Waals surface area contributed by atoms with E-state index in [1.807, 2.05) is 0 Å². The first-order valence-electron chi connectivity index (χ1n) is 10.5. The van der Waals surface area contributed by atoms with E-state index in [2.05, 4.69) is 40.4 Å². The predicted octanol–water partition coefficient (Wildman–Crippen LogP) is 5.45. The van der Waals surface area contributed by atoms with Crippen molar-refractivity contribution in [3.8, 4) is 11.5 Å². The molecular formula is C22H19F5N8. The summed E-state index contributed by atoms with van der Waals surface area (Å²) in [4.78, 5) is 23.9. The van der Waals surface area contributed by atoms with E-state index in [0.717, 1.165) is 13.0 Å². The molecule has 0 unspecified atom stereocenters. The van der Waals surface area contributed by atoms with Gasteiger partial charge in [0.1, 0.15) is 23.1 Å². The Morgan fingerprint density at radius 2 is 1.74 bits per heavy atom. The zero-order chi connectivity index (χ0) is 25.4. The third-order valence-electron chi connectivity index (χ3n) is 5.33. The van der Waals surface area contributed by atoms with Gasteiger partial charge in [-0.15, -0.1) is 0 Å². The van der Waals surface area contributed by atoms with Crippen molar-refractivity contribution in [1.82, 2.24) is 24.9 Å². The maximum atomic E-state index is 13.8. The molecule has 1 atom stereocenters. The molecule has 4 rings (SSSR count). The maximum Gasteiger partial charge on any atom is 0.408 e. The molecule has 1 aliphatic rings. The molecular weight excluding hydrogens is 471 g/mol. The highest BCUT2D eigenvalue weighted by Crippen LogP contribution is 2.49. The average molecular weight is 490 g/mol. The van der Waals surface area contributed by atoms with E-state index in [-0.39, 0.29) is 17.5 Å². The van der Waals surface area contributed by atoms with E-state index >= 15 is 0 Å². The molecule has 0 aliphatic heterocycles. The third-order valence-corrected chi connectivity index (χ3v) is 5.33. The van der Waals surface area contributed by atoms with Crippen LogP contribution >= 0.6 is 0 Å².